The molecule has 0 bridgehead atoms. The fraction of sp³-hybridized carbons (Fsp3) is 0.364. The number of benzene rings is 1. The van der Waals surface area contributed by atoms with Crippen molar-refractivity contribution in [2.45, 2.75) is 24.8 Å². The summed E-state index contributed by atoms with van der Waals surface area (Å²) in [5.41, 5.74) is 0.436. The standard InChI is InChI=1S/C11H11FN2O2S/c12-10-5-9(11(7-13)3-4-11)2-1-8(10)6-14-17(15)16/h1-2,5,17H,3-4,6H2,(H,14,15,16). The Kier molecular flexibility index (Phi) is 3.13. The minimum atomic E-state index is -2.73. The first kappa shape index (κ1) is 12.0. The molecule has 1 N–H and O–H groups in total. The van der Waals surface area contributed by atoms with Crippen molar-refractivity contribution in [2.75, 3.05) is 0 Å². The molecule has 0 amide bonds. The highest BCUT2D eigenvalue weighted by molar-refractivity contribution is 7.70. The molecule has 0 saturated heterocycles. The molecule has 0 spiro atoms. The molecule has 4 nitrogen and oxygen atoms in total. The van der Waals surface area contributed by atoms with E-state index in [1.54, 1.807) is 6.07 Å². The summed E-state index contributed by atoms with van der Waals surface area (Å²) >= 11 is 0. The van der Waals surface area contributed by atoms with Crippen LogP contribution in [0.2, 0.25) is 0 Å². The lowest BCUT2D eigenvalue weighted by molar-refractivity contribution is 0.588. The lowest BCUT2D eigenvalue weighted by Gasteiger charge is -2.08. The van der Waals surface area contributed by atoms with Gasteiger partial charge in [-0.05, 0) is 24.5 Å². The Morgan fingerprint density at radius 1 is 1.47 bits per heavy atom. The van der Waals surface area contributed by atoms with Crippen LogP contribution in [0.4, 0.5) is 4.39 Å². The number of hydrogen-bond donors (Lipinski definition) is 2. The topological polar surface area (TPSA) is 70.0 Å². The maximum absolute atomic E-state index is 13.6. The largest absolute Gasteiger partial charge is 0.216 e. The summed E-state index contributed by atoms with van der Waals surface area (Å²) in [4.78, 5) is 0. The van der Waals surface area contributed by atoms with E-state index in [1.807, 2.05) is 0 Å². The van der Waals surface area contributed by atoms with E-state index in [-0.39, 0.29) is 12.1 Å². The Morgan fingerprint density at radius 3 is 2.65 bits per heavy atom. The van der Waals surface area contributed by atoms with Crippen molar-refractivity contribution in [1.82, 2.24) is 4.72 Å². The quantitative estimate of drug-likeness (QED) is 0.787. The van der Waals surface area contributed by atoms with Gasteiger partial charge in [0.2, 0.25) is 10.9 Å². The van der Waals surface area contributed by atoms with Crippen LogP contribution in [0, 0.1) is 17.1 Å². The second kappa shape index (κ2) is 4.43. The molecule has 1 aliphatic carbocycles. The average molecular weight is 254 g/mol. The van der Waals surface area contributed by atoms with Crippen LogP contribution in [0.15, 0.2) is 18.2 Å². The first-order valence-electron chi connectivity index (χ1n) is 5.15. The maximum Gasteiger partial charge on any atom is 0.201 e. The fourth-order valence-corrected chi connectivity index (χ4v) is 2.03. The van der Waals surface area contributed by atoms with Crippen molar-refractivity contribution in [3.05, 3.63) is 35.1 Å². The van der Waals surface area contributed by atoms with E-state index >= 15 is 0 Å². The van der Waals surface area contributed by atoms with Crippen LogP contribution in [0.1, 0.15) is 24.0 Å². The Balaban J connectivity index is 2.21. The number of rotatable bonds is 4. The van der Waals surface area contributed by atoms with Crippen molar-refractivity contribution in [1.29, 1.82) is 5.26 Å². The summed E-state index contributed by atoms with van der Waals surface area (Å²) in [5.74, 6) is -0.478. The third-order valence-corrected chi connectivity index (χ3v) is 3.38. The molecular formula is C11H11FN2O2S. The predicted molar refractivity (Wildman–Crippen MR) is 60.1 cm³/mol. The number of thiol groups is 1. The van der Waals surface area contributed by atoms with E-state index in [4.69, 9.17) is 5.26 Å². The molecule has 6 heteroatoms. The second-order valence-electron chi connectivity index (χ2n) is 4.09. The van der Waals surface area contributed by atoms with Gasteiger partial charge in [0.1, 0.15) is 5.82 Å². The van der Waals surface area contributed by atoms with Gasteiger partial charge in [-0.15, -0.1) is 0 Å². The Morgan fingerprint density at radius 2 is 2.18 bits per heavy atom. The van der Waals surface area contributed by atoms with Crippen LogP contribution < -0.4 is 4.72 Å². The molecule has 17 heavy (non-hydrogen) atoms. The van der Waals surface area contributed by atoms with Crippen molar-refractivity contribution < 1.29 is 12.8 Å². The molecule has 1 aromatic rings. The van der Waals surface area contributed by atoms with Gasteiger partial charge >= 0.3 is 0 Å². The highest BCUT2D eigenvalue weighted by Gasteiger charge is 2.45. The lowest BCUT2D eigenvalue weighted by Crippen LogP contribution is -2.12. The molecule has 1 saturated carbocycles. The Hall–Kier alpha value is -1.45. The molecule has 0 heterocycles. The third-order valence-electron chi connectivity index (χ3n) is 2.97. The summed E-state index contributed by atoms with van der Waals surface area (Å²) in [7, 11) is -2.73. The monoisotopic (exact) mass is 254 g/mol. The molecule has 1 aromatic carbocycles. The number of nitrogens with zero attached hydrogens (tertiary/aromatic N) is 1. The number of nitrogens with one attached hydrogen (secondary N) is 1. The van der Waals surface area contributed by atoms with Gasteiger partial charge in [-0.3, -0.25) is 0 Å². The van der Waals surface area contributed by atoms with Gasteiger partial charge in [0.15, 0.2) is 0 Å². The maximum atomic E-state index is 13.6. The minimum absolute atomic E-state index is 0.0651. The van der Waals surface area contributed by atoms with E-state index in [0.29, 0.717) is 5.56 Å². The molecule has 1 aliphatic rings. The highest BCUT2D eigenvalue weighted by Crippen LogP contribution is 2.47. The zero-order valence-corrected chi connectivity index (χ0v) is 9.84. The van der Waals surface area contributed by atoms with E-state index in [1.165, 1.54) is 12.1 Å². The van der Waals surface area contributed by atoms with Crippen molar-refractivity contribution in [3.63, 3.8) is 0 Å². The van der Waals surface area contributed by atoms with Crippen molar-refractivity contribution in [3.8, 4) is 6.07 Å². The summed E-state index contributed by atoms with van der Waals surface area (Å²) in [6, 6.07) is 6.72. The third kappa shape index (κ3) is 2.46. The van der Waals surface area contributed by atoms with Crippen LogP contribution in [-0.2, 0) is 22.8 Å². The molecule has 90 valence electrons. The Bertz CT molecular complexity index is 551. The smallest absolute Gasteiger partial charge is 0.201 e. The van der Waals surface area contributed by atoms with Gasteiger partial charge < -0.3 is 0 Å². The lowest BCUT2D eigenvalue weighted by atomic mass is 9.96. The van der Waals surface area contributed by atoms with Gasteiger partial charge in [0, 0.05) is 12.1 Å². The summed E-state index contributed by atoms with van der Waals surface area (Å²) in [6.07, 6.45) is 1.51. The average Bonchev–Trinajstić information content (AvgIpc) is 3.08. The van der Waals surface area contributed by atoms with E-state index in [9.17, 15) is 12.8 Å². The van der Waals surface area contributed by atoms with Crippen LogP contribution in [-0.4, -0.2) is 8.42 Å². The zero-order chi connectivity index (χ0) is 12.5. The first-order valence-corrected chi connectivity index (χ1v) is 6.33. The SMILES string of the molecule is N#CC1(c2ccc(CN[SH](=O)=O)c(F)c2)CC1. The molecule has 0 unspecified atom stereocenters. The van der Waals surface area contributed by atoms with Gasteiger partial charge in [-0.25, -0.2) is 17.5 Å². The first-order chi connectivity index (χ1) is 8.07. The van der Waals surface area contributed by atoms with Gasteiger partial charge in [0.05, 0.1) is 11.5 Å². The number of nitriles is 1. The molecule has 2 rings (SSSR count). The number of hydrogen-bond acceptors (Lipinski definition) is 3. The fourth-order valence-electron chi connectivity index (χ4n) is 1.73. The van der Waals surface area contributed by atoms with Crippen LogP contribution in [0.25, 0.3) is 0 Å². The summed E-state index contributed by atoms with van der Waals surface area (Å²) < 4.78 is 36.4. The molecule has 0 aromatic heterocycles. The van der Waals surface area contributed by atoms with Crippen LogP contribution >= 0.6 is 0 Å². The molecule has 0 radical (unpaired) electrons. The van der Waals surface area contributed by atoms with Crippen molar-refractivity contribution >= 4 is 10.9 Å². The van der Waals surface area contributed by atoms with E-state index in [2.05, 4.69) is 10.8 Å². The molecule has 0 atom stereocenters. The second-order valence-corrected chi connectivity index (χ2v) is 4.92. The van der Waals surface area contributed by atoms with Gasteiger partial charge in [0.25, 0.3) is 0 Å². The minimum Gasteiger partial charge on any atom is -0.216 e. The highest BCUT2D eigenvalue weighted by atomic mass is 32.2. The zero-order valence-electron chi connectivity index (χ0n) is 8.94. The predicted octanol–water partition coefficient (Wildman–Crippen LogP) is 0.997. The molecular weight excluding hydrogens is 243 g/mol. The van der Waals surface area contributed by atoms with Crippen LogP contribution in [0.3, 0.4) is 0 Å². The van der Waals surface area contributed by atoms with Gasteiger partial charge in [-0.2, -0.15) is 5.26 Å². The molecule has 0 aliphatic heterocycles. The molecule has 1 fully saturated rings. The van der Waals surface area contributed by atoms with Gasteiger partial charge in [-0.1, -0.05) is 12.1 Å². The van der Waals surface area contributed by atoms with E-state index in [0.717, 1.165) is 12.8 Å². The van der Waals surface area contributed by atoms with Crippen molar-refractivity contribution in [2.24, 2.45) is 0 Å². The van der Waals surface area contributed by atoms with E-state index < -0.39 is 22.1 Å². The number of halogens is 1. The van der Waals surface area contributed by atoms with Crippen LogP contribution in [0.5, 0.6) is 0 Å². The summed E-state index contributed by atoms with van der Waals surface area (Å²) in [5, 5.41) is 8.98. The Labute approximate surface area is 100 Å². The normalized spacial score (nSPS) is 16.8. The summed E-state index contributed by atoms with van der Waals surface area (Å²) in [6.45, 7) is -0.0651.